The number of aromatic amines is 1. The number of nitrogens with zero attached hydrogens (tertiary/aromatic N) is 8. The van der Waals surface area contributed by atoms with Crippen LogP contribution in [0.1, 0.15) is 138 Å². The van der Waals surface area contributed by atoms with Gasteiger partial charge in [-0.05, 0) is 208 Å². The molecule has 2 N–H and O–H groups in total. The Morgan fingerprint density at radius 1 is 0.623 bits per heavy atom. The molecule has 0 atom stereocenters. The zero-order chi connectivity index (χ0) is 55.8. The van der Waals surface area contributed by atoms with Crippen molar-refractivity contribution in [2.24, 2.45) is 0 Å². The van der Waals surface area contributed by atoms with Gasteiger partial charge in [0.15, 0.2) is 0 Å². The number of benzene rings is 2. The number of carbonyl (C=O) groups excluding carboxylic acids is 2. The van der Waals surface area contributed by atoms with Gasteiger partial charge < -0.3 is 44.4 Å². The topological polar surface area (TPSA) is 114 Å². The van der Waals surface area contributed by atoms with Gasteiger partial charge in [0, 0.05) is 122 Å². The number of anilines is 2. The van der Waals surface area contributed by atoms with Crippen LogP contribution in [-0.2, 0) is 11.3 Å². The summed E-state index contributed by atoms with van der Waals surface area (Å²) in [7, 11) is 14.5. The normalized spacial score (nSPS) is 20.9. The third-order valence-electron chi connectivity index (χ3n) is 17.0. The summed E-state index contributed by atoms with van der Waals surface area (Å²) in [6.07, 6.45) is 11.7. The van der Waals surface area contributed by atoms with Gasteiger partial charge in [0.25, 0.3) is 11.5 Å². The smallest absolute Gasteiger partial charge is 0.338 e. The van der Waals surface area contributed by atoms with Crippen molar-refractivity contribution in [2.45, 2.75) is 136 Å². The van der Waals surface area contributed by atoms with Crippen LogP contribution in [0.5, 0.6) is 0 Å². The van der Waals surface area contributed by atoms with E-state index in [4.69, 9.17) is 4.74 Å². The Morgan fingerprint density at radius 2 is 1.06 bits per heavy atom. The fraction of sp³-hybridized carbons (Fsp3) is 0.635. The molecule has 2 aliphatic carbocycles. The summed E-state index contributed by atoms with van der Waals surface area (Å²) in [5.41, 5.74) is 9.31. The molecule has 0 unspecified atom stereocenters. The second-order valence-electron chi connectivity index (χ2n) is 22.8. The van der Waals surface area contributed by atoms with Gasteiger partial charge in [0.1, 0.15) is 0 Å². The lowest BCUT2D eigenvalue weighted by molar-refractivity contribution is 0.0599. The summed E-state index contributed by atoms with van der Waals surface area (Å²) in [5, 5.41) is 3.04. The number of pyridine rings is 1. The van der Waals surface area contributed by atoms with Gasteiger partial charge in [-0.1, -0.05) is 23.7 Å². The highest BCUT2D eigenvalue weighted by Crippen LogP contribution is 2.35. The average Bonchev–Trinajstić information content (AvgIpc) is 3.76. The molecule has 2 saturated carbocycles. The van der Waals surface area contributed by atoms with Crippen LogP contribution in [0.25, 0.3) is 0 Å². The van der Waals surface area contributed by atoms with Gasteiger partial charge in [0.2, 0.25) is 0 Å². The highest BCUT2D eigenvalue weighted by atomic mass is 16.5. The molecule has 0 radical (unpaired) electrons. The Morgan fingerprint density at radius 3 is 1.49 bits per heavy atom. The van der Waals surface area contributed by atoms with Crippen LogP contribution in [0, 0.1) is 51.4 Å². The lowest BCUT2D eigenvalue weighted by atomic mass is 9.88. The summed E-state index contributed by atoms with van der Waals surface area (Å²) in [6.45, 7) is 24.4. The molecule has 4 aliphatic rings. The van der Waals surface area contributed by atoms with E-state index in [1.807, 2.05) is 45.9 Å². The molecule has 3 aromatic rings. The van der Waals surface area contributed by atoms with E-state index in [0.717, 1.165) is 143 Å². The molecule has 3 heterocycles. The summed E-state index contributed by atoms with van der Waals surface area (Å²) in [4.78, 5) is 61.1. The standard InChI is InChI=1S/C35H52N6O2.C28H44N4O2/c1-8-41(30-14-12-29(13-15-30)38(5)6)33-23-28(11-9-17-40-18-10-16-39(7)19-20-40)22-31(27(33)4)34(42)36-24-32-25(2)21-26(3)37-35(32)43;1-7-32(25-13-11-24(12-14-25)29(3)4)27-21-23(20-26(22(27)2)28(33)34-6)10-8-16-31-17-9-15-30(5)18-19-31/h21-23,29-30H,8,10,12-20,24H2,1-7H3,(H,36,42)(H,37,43);20-21,24-25H,7,9,11-19H2,1-6H3. The number of esters is 1. The predicted molar refractivity (Wildman–Crippen MR) is 318 cm³/mol. The van der Waals surface area contributed by atoms with Crippen molar-refractivity contribution < 1.29 is 14.3 Å². The van der Waals surface area contributed by atoms with Gasteiger partial charge in [-0.25, -0.2) is 4.79 Å². The van der Waals surface area contributed by atoms with E-state index in [9.17, 15) is 14.4 Å². The number of carbonyl (C=O) groups is 2. The molecular weight excluding hydrogens is 961 g/mol. The Hall–Kier alpha value is -5.19. The van der Waals surface area contributed by atoms with Crippen molar-refractivity contribution in [3.63, 3.8) is 0 Å². The molecule has 2 aromatic carbocycles. The maximum atomic E-state index is 13.7. The first kappa shape index (κ1) is 61.0. The zero-order valence-corrected chi connectivity index (χ0v) is 49.7. The van der Waals surface area contributed by atoms with E-state index < -0.39 is 0 Å². The number of nitrogens with one attached hydrogen (secondary N) is 2. The number of aryl methyl sites for hydroxylation is 2. The Balaban J connectivity index is 0.000000257. The number of hydrogen-bond acceptors (Lipinski definition) is 12. The van der Waals surface area contributed by atoms with Crippen molar-refractivity contribution in [3.8, 4) is 23.7 Å². The van der Waals surface area contributed by atoms with Crippen LogP contribution < -0.4 is 20.7 Å². The quantitative estimate of drug-likeness (QED) is 0.124. The number of methoxy groups -OCH3 is 1. The lowest BCUT2D eigenvalue weighted by Crippen LogP contribution is -2.42. The molecule has 2 saturated heterocycles. The highest BCUT2D eigenvalue weighted by Gasteiger charge is 2.30. The third-order valence-corrected chi connectivity index (χ3v) is 17.0. The van der Waals surface area contributed by atoms with E-state index in [1.165, 1.54) is 52.1 Å². The van der Waals surface area contributed by atoms with Gasteiger partial charge in [-0.15, -0.1) is 0 Å². The van der Waals surface area contributed by atoms with Crippen molar-refractivity contribution in [3.05, 3.63) is 90.9 Å². The maximum Gasteiger partial charge on any atom is 0.338 e. The summed E-state index contributed by atoms with van der Waals surface area (Å²) < 4.78 is 5.13. The van der Waals surface area contributed by atoms with Crippen molar-refractivity contribution in [1.82, 2.24) is 39.7 Å². The second-order valence-corrected chi connectivity index (χ2v) is 22.8. The number of likely N-dealkylation sites (N-methyl/N-ethyl adjacent to an activating group) is 2. The molecule has 2 aliphatic heterocycles. The van der Waals surface area contributed by atoms with Gasteiger partial charge >= 0.3 is 5.97 Å². The Bertz CT molecular complexity index is 2610. The number of aromatic nitrogens is 1. The predicted octanol–water partition coefficient (Wildman–Crippen LogP) is 7.39. The van der Waals surface area contributed by atoms with Crippen molar-refractivity contribution in [1.29, 1.82) is 0 Å². The molecule has 0 bridgehead atoms. The van der Waals surface area contributed by atoms with E-state index in [0.29, 0.717) is 40.9 Å². The SMILES string of the molecule is CCN(c1cc(C#CCN2CCCN(C)CC2)cc(C(=O)NCc2c(C)cc(C)[nH]c2=O)c1C)C1CCC(N(C)C)CC1.CCN(c1cc(C#CCN2CCCN(C)CC2)cc(C(=O)OC)c1C)C1CCC(N(C)C)CC1. The van der Waals surface area contributed by atoms with Crippen LogP contribution >= 0.6 is 0 Å². The highest BCUT2D eigenvalue weighted by molar-refractivity contribution is 5.98. The fourth-order valence-corrected chi connectivity index (χ4v) is 12.1. The lowest BCUT2D eigenvalue weighted by Gasteiger charge is -2.40. The molecule has 1 aromatic heterocycles. The number of rotatable bonds is 14. The molecule has 4 fully saturated rings. The number of amides is 1. The largest absolute Gasteiger partial charge is 0.465 e. The fourth-order valence-electron chi connectivity index (χ4n) is 12.1. The van der Waals surface area contributed by atoms with E-state index in [1.54, 1.807) is 0 Å². The second kappa shape index (κ2) is 29.7. The summed E-state index contributed by atoms with van der Waals surface area (Å²) in [6, 6.07) is 12.4. The van der Waals surface area contributed by atoms with Crippen LogP contribution in [0.15, 0.2) is 35.1 Å². The van der Waals surface area contributed by atoms with E-state index in [2.05, 4.69) is 141 Å². The first-order valence-corrected chi connectivity index (χ1v) is 28.9. The molecule has 0 spiro atoms. The first-order chi connectivity index (χ1) is 36.9. The minimum atomic E-state index is -0.287. The number of H-pyrrole nitrogens is 1. The molecule has 77 heavy (non-hydrogen) atoms. The summed E-state index contributed by atoms with van der Waals surface area (Å²) in [5.74, 6) is 13.1. The van der Waals surface area contributed by atoms with Gasteiger partial charge in [-0.2, -0.15) is 0 Å². The molecular formula is C63H96N10O4. The molecule has 1 amide bonds. The van der Waals surface area contributed by atoms with Gasteiger partial charge in [0.05, 0.1) is 25.8 Å². The summed E-state index contributed by atoms with van der Waals surface area (Å²) >= 11 is 0. The van der Waals surface area contributed by atoms with Crippen LogP contribution in [0.4, 0.5) is 11.4 Å². The monoisotopic (exact) mass is 1060 g/mol. The molecule has 422 valence electrons. The molecule has 14 heteroatoms. The molecule has 14 nitrogen and oxygen atoms in total. The zero-order valence-electron chi connectivity index (χ0n) is 49.7. The maximum absolute atomic E-state index is 13.7. The third kappa shape index (κ3) is 17.2. The van der Waals surface area contributed by atoms with Crippen molar-refractivity contribution in [2.75, 3.05) is 138 Å². The minimum absolute atomic E-state index is 0.153. The van der Waals surface area contributed by atoms with Crippen molar-refractivity contribution >= 4 is 23.3 Å². The number of ether oxygens (including phenoxy) is 1. The first-order valence-electron chi connectivity index (χ1n) is 28.9. The molecule has 7 rings (SSSR count). The van der Waals surface area contributed by atoms with E-state index >= 15 is 0 Å². The number of hydrogen-bond donors (Lipinski definition) is 2. The van der Waals surface area contributed by atoms with Gasteiger partial charge in [-0.3, -0.25) is 19.4 Å². The average molecular weight is 1060 g/mol. The Labute approximate surface area is 464 Å². The minimum Gasteiger partial charge on any atom is -0.465 e. The van der Waals surface area contributed by atoms with Crippen LogP contribution in [0.3, 0.4) is 0 Å². The Kier molecular flexibility index (Phi) is 23.5. The van der Waals surface area contributed by atoms with Crippen LogP contribution in [0.2, 0.25) is 0 Å². The van der Waals surface area contributed by atoms with Crippen LogP contribution in [-0.4, -0.2) is 198 Å². The van der Waals surface area contributed by atoms with E-state index in [-0.39, 0.29) is 24.0 Å².